The van der Waals surface area contributed by atoms with E-state index >= 15 is 0 Å². The minimum absolute atomic E-state index is 0. The van der Waals surface area contributed by atoms with Gasteiger partial charge in [-0.25, -0.2) is 0 Å². The van der Waals surface area contributed by atoms with E-state index in [4.69, 9.17) is 9.84 Å². The summed E-state index contributed by atoms with van der Waals surface area (Å²) in [6.45, 7) is 2.33. The Bertz CT molecular complexity index is 247. The van der Waals surface area contributed by atoms with E-state index in [-0.39, 0.29) is 25.3 Å². The van der Waals surface area contributed by atoms with Gasteiger partial charge >= 0.3 is 5.97 Å². The van der Waals surface area contributed by atoms with Crippen LogP contribution in [0, 0.1) is 0 Å². The Morgan fingerprint density at radius 1 is 0.708 bits per heavy atom. The lowest BCUT2D eigenvalue weighted by Crippen LogP contribution is -2.07. The number of esters is 1. The molecule has 0 aliphatic heterocycles. The lowest BCUT2D eigenvalue weighted by Gasteiger charge is -2.04. The third-order valence-electron chi connectivity index (χ3n) is 4.34. The van der Waals surface area contributed by atoms with Crippen LogP contribution < -0.4 is 6.15 Å². The summed E-state index contributed by atoms with van der Waals surface area (Å²) < 4.78 is 4.82. The van der Waals surface area contributed by atoms with Crippen molar-refractivity contribution < 1.29 is 14.6 Å². The van der Waals surface area contributed by atoms with E-state index in [9.17, 15) is 4.79 Å². The molecule has 0 aliphatic rings. The zero-order valence-corrected chi connectivity index (χ0v) is 16.2. The fourth-order valence-electron chi connectivity index (χ4n) is 2.87. The van der Waals surface area contributed by atoms with Crippen LogP contribution in [0.5, 0.6) is 0 Å². The van der Waals surface area contributed by atoms with E-state index in [0.717, 1.165) is 12.8 Å². The molecule has 0 bridgehead atoms. The Kier molecular flexibility index (Phi) is 23.9. The molecule has 0 fully saturated rings. The van der Waals surface area contributed by atoms with Gasteiger partial charge in [-0.05, 0) is 6.42 Å². The summed E-state index contributed by atoms with van der Waals surface area (Å²) >= 11 is 0. The molecule has 0 saturated carbocycles. The average molecular weight is 346 g/mol. The molecule has 0 rings (SSSR count). The lowest BCUT2D eigenvalue weighted by atomic mass is 10.0. The average Bonchev–Trinajstić information content (AvgIpc) is 2.56. The molecule has 4 heteroatoms. The molecule has 146 valence electrons. The van der Waals surface area contributed by atoms with Gasteiger partial charge in [-0.2, -0.15) is 0 Å². The van der Waals surface area contributed by atoms with E-state index in [2.05, 4.69) is 6.92 Å². The smallest absolute Gasteiger partial charge is 0.305 e. The molecule has 0 saturated heterocycles. The number of aliphatic hydroxyl groups is 1. The lowest BCUT2D eigenvalue weighted by molar-refractivity contribution is -0.144. The number of unbranched alkanes of at least 4 members (excludes halogenated alkanes) is 14. The largest absolute Gasteiger partial charge is 0.463 e. The molecule has 4 nitrogen and oxygen atoms in total. The van der Waals surface area contributed by atoms with Crippen molar-refractivity contribution in [3.8, 4) is 0 Å². The van der Waals surface area contributed by atoms with Crippen LogP contribution in [0.3, 0.4) is 0 Å². The molecule has 0 aliphatic carbocycles. The molecular formula is C20H43NO3. The van der Waals surface area contributed by atoms with Crippen LogP contribution in [0.15, 0.2) is 0 Å². The molecule has 0 unspecified atom stereocenters. The molecule has 0 spiro atoms. The minimum Gasteiger partial charge on any atom is -0.463 e. The second kappa shape index (κ2) is 22.4. The predicted octanol–water partition coefficient (Wildman–Crippen LogP) is 5.95. The summed E-state index contributed by atoms with van der Waals surface area (Å²) in [7, 11) is 0. The predicted molar refractivity (Wildman–Crippen MR) is 103 cm³/mol. The normalized spacial score (nSPS) is 10.4. The number of ether oxygens (including phenoxy) is 1. The van der Waals surface area contributed by atoms with Crippen molar-refractivity contribution in [1.29, 1.82) is 0 Å². The Labute approximate surface area is 150 Å². The standard InChI is InChI=1S/C20H40O3.H3N/c1-2-3-4-5-6-7-8-9-10-11-12-13-14-15-16-17-20(22)23-19-18-21;/h21H,2-19H2,1H3;1H3. The zero-order valence-electron chi connectivity index (χ0n) is 16.2. The second-order valence-electron chi connectivity index (χ2n) is 6.64. The van der Waals surface area contributed by atoms with Gasteiger partial charge in [-0.3, -0.25) is 4.79 Å². The van der Waals surface area contributed by atoms with Crippen LogP contribution in [0.25, 0.3) is 0 Å². The van der Waals surface area contributed by atoms with Crippen LogP contribution in [-0.4, -0.2) is 24.3 Å². The van der Waals surface area contributed by atoms with Crippen LogP contribution >= 0.6 is 0 Å². The Balaban J connectivity index is 0. The number of carbonyl (C=O) groups excluding carboxylic acids is 1. The van der Waals surface area contributed by atoms with Gasteiger partial charge in [0.2, 0.25) is 0 Å². The first-order valence-electron chi connectivity index (χ1n) is 10.1. The fourth-order valence-corrected chi connectivity index (χ4v) is 2.87. The first-order chi connectivity index (χ1) is 11.3. The van der Waals surface area contributed by atoms with Gasteiger partial charge in [-0.1, -0.05) is 96.8 Å². The summed E-state index contributed by atoms with van der Waals surface area (Å²) in [5.74, 6) is -0.172. The van der Waals surface area contributed by atoms with Gasteiger partial charge in [0.15, 0.2) is 0 Å². The highest BCUT2D eigenvalue weighted by Gasteiger charge is 2.01. The Hall–Kier alpha value is -0.610. The first kappa shape index (κ1) is 25.6. The molecular weight excluding hydrogens is 302 g/mol. The molecule has 0 heterocycles. The number of hydrogen-bond acceptors (Lipinski definition) is 4. The number of rotatable bonds is 18. The van der Waals surface area contributed by atoms with E-state index in [1.807, 2.05) is 0 Å². The van der Waals surface area contributed by atoms with Gasteiger partial charge in [0.25, 0.3) is 0 Å². The summed E-state index contributed by atoms with van der Waals surface area (Å²) in [5, 5.41) is 8.54. The Morgan fingerprint density at radius 3 is 1.46 bits per heavy atom. The molecule has 24 heavy (non-hydrogen) atoms. The maximum Gasteiger partial charge on any atom is 0.305 e. The van der Waals surface area contributed by atoms with Gasteiger partial charge in [0.1, 0.15) is 6.61 Å². The molecule has 0 atom stereocenters. The van der Waals surface area contributed by atoms with E-state index in [1.165, 1.54) is 83.5 Å². The fraction of sp³-hybridized carbons (Fsp3) is 0.950. The van der Waals surface area contributed by atoms with Crippen molar-refractivity contribution in [3.05, 3.63) is 0 Å². The third kappa shape index (κ3) is 21.4. The monoisotopic (exact) mass is 345 g/mol. The number of hydrogen-bond donors (Lipinski definition) is 2. The minimum atomic E-state index is -0.172. The zero-order chi connectivity index (χ0) is 17.0. The maximum absolute atomic E-state index is 11.2. The third-order valence-corrected chi connectivity index (χ3v) is 4.34. The number of carbonyl (C=O) groups is 1. The molecule has 4 N–H and O–H groups in total. The maximum atomic E-state index is 11.2. The summed E-state index contributed by atoms with van der Waals surface area (Å²) in [6.07, 6.45) is 20.4. The highest BCUT2D eigenvalue weighted by molar-refractivity contribution is 5.69. The molecule has 0 aromatic rings. The molecule has 0 aromatic carbocycles. The van der Waals surface area contributed by atoms with Crippen molar-refractivity contribution in [3.63, 3.8) is 0 Å². The molecule has 0 aromatic heterocycles. The van der Waals surface area contributed by atoms with Crippen LogP contribution in [0.2, 0.25) is 0 Å². The van der Waals surface area contributed by atoms with E-state index < -0.39 is 0 Å². The quantitative estimate of drug-likeness (QED) is 0.238. The van der Waals surface area contributed by atoms with Crippen molar-refractivity contribution >= 4 is 5.97 Å². The van der Waals surface area contributed by atoms with Gasteiger partial charge in [-0.15, -0.1) is 0 Å². The van der Waals surface area contributed by atoms with Crippen molar-refractivity contribution in [2.75, 3.05) is 13.2 Å². The van der Waals surface area contributed by atoms with Crippen LogP contribution in [0.4, 0.5) is 0 Å². The highest BCUT2D eigenvalue weighted by atomic mass is 16.5. The van der Waals surface area contributed by atoms with Gasteiger partial charge in [0, 0.05) is 6.42 Å². The first-order valence-corrected chi connectivity index (χ1v) is 10.1. The second-order valence-corrected chi connectivity index (χ2v) is 6.64. The summed E-state index contributed by atoms with van der Waals surface area (Å²) in [5.41, 5.74) is 0. The van der Waals surface area contributed by atoms with Crippen molar-refractivity contribution in [1.82, 2.24) is 6.15 Å². The van der Waals surface area contributed by atoms with Crippen LogP contribution in [0.1, 0.15) is 110 Å². The van der Waals surface area contributed by atoms with Gasteiger partial charge < -0.3 is 16.0 Å². The summed E-state index contributed by atoms with van der Waals surface area (Å²) in [6, 6.07) is 0. The SMILES string of the molecule is CCCCCCCCCCCCCCCCCC(=O)OCCO.N. The molecule has 0 amide bonds. The topological polar surface area (TPSA) is 81.5 Å². The van der Waals surface area contributed by atoms with Crippen molar-refractivity contribution in [2.45, 2.75) is 110 Å². The number of aliphatic hydroxyl groups excluding tert-OH is 1. The molecule has 0 radical (unpaired) electrons. The highest BCUT2D eigenvalue weighted by Crippen LogP contribution is 2.13. The van der Waals surface area contributed by atoms with E-state index in [0.29, 0.717) is 6.42 Å². The van der Waals surface area contributed by atoms with Gasteiger partial charge in [0.05, 0.1) is 6.61 Å². The van der Waals surface area contributed by atoms with Crippen molar-refractivity contribution in [2.24, 2.45) is 0 Å². The summed E-state index contributed by atoms with van der Waals surface area (Å²) in [4.78, 5) is 11.2. The van der Waals surface area contributed by atoms with Crippen LogP contribution in [-0.2, 0) is 9.53 Å². The van der Waals surface area contributed by atoms with E-state index in [1.54, 1.807) is 0 Å². The Morgan fingerprint density at radius 2 is 1.08 bits per heavy atom.